The quantitative estimate of drug-likeness (QED) is 0.321. The van der Waals surface area contributed by atoms with E-state index in [0.717, 1.165) is 29.9 Å². The van der Waals surface area contributed by atoms with Crippen molar-refractivity contribution in [1.82, 2.24) is 0 Å². The van der Waals surface area contributed by atoms with E-state index >= 15 is 0 Å². The summed E-state index contributed by atoms with van der Waals surface area (Å²) in [7, 11) is 0. The van der Waals surface area contributed by atoms with Crippen LogP contribution < -0.4 is 4.90 Å². The number of hydrogen-bond donors (Lipinski definition) is 0. The second-order valence-corrected chi connectivity index (χ2v) is 8.86. The Kier molecular flexibility index (Phi) is 3.76. The Morgan fingerprint density at radius 2 is 1.59 bits per heavy atom. The fourth-order valence-corrected chi connectivity index (χ4v) is 5.85. The molecule has 1 aliphatic heterocycles. The zero-order valence-electron chi connectivity index (χ0n) is 16.1. The van der Waals surface area contributed by atoms with Crippen LogP contribution in [0.4, 0.5) is 5.69 Å². The lowest BCUT2D eigenvalue weighted by Gasteiger charge is -2.31. The second kappa shape index (κ2) is 6.47. The third-order valence-electron chi connectivity index (χ3n) is 6.35. The number of fused-ring (bicyclic) bond motifs is 3. The molecule has 1 aromatic heterocycles. The van der Waals surface area contributed by atoms with Crippen molar-refractivity contribution in [3.8, 4) is 38.8 Å². The Morgan fingerprint density at radius 3 is 2.28 bits per heavy atom. The van der Waals surface area contributed by atoms with Gasteiger partial charge in [0.15, 0.2) is 0 Å². The van der Waals surface area contributed by atoms with Crippen LogP contribution in [-0.4, -0.2) is 13.1 Å². The van der Waals surface area contributed by atoms with Gasteiger partial charge in [0.05, 0.1) is 11.3 Å². The Bertz CT molecular complexity index is 1280. The maximum Gasteiger partial charge on any atom is 0.102 e. The summed E-state index contributed by atoms with van der Waals surface area (Å²) in [5, 5.41) is 15.0. The van der Waals surface area contributed by atoms with E-state index in [-0.39, 0.29) is 0 Å². The Morgan fingerprint density at radius 1 is 0.828 bits per heavy atom. The van der Waals surface area contributed by atoms with Gasteiger partial charge < -0.3 is 4.90 Å². The maximum absolute atomic E-state index is 10.3. The van der Waals surface area contributed by atoms with Crippen molar-refractivity contribution in [1.29, 1.82) is 5.26 Å². The molecule has 0 N–H and O–H groups in total. The number of benzene rings is 3. The van der Waals surface area contributed by atoms with Crippen LogP contribution in [0.2, 0.25) is 0 Å². The molecule has 140 valence electrons. The summed E-state index contributed by atoms with van der Waals surface area (Å²) in [5.74, 6) is 0. The van der Waals surface area contributed by atoms with Crippen molar-refractivity contribution in [3.05, 3.63) is 65.5 Å². The van der Waals surface area contributed by atoms with Gasteiger partial charge in [0.25, 0.3) is 0 Å². The third kappa shape index (κ3) is 2.39. The van der Waals surface area contributed by atoms with Crippen molar-refractivity contribution < 1.29 is 0 Å². The van der Waals surface area contributed by atoms with E-state index in [2.05, 4.69) is 70.9 Å². The van der Waals surface area contributed by atoms with E-state index < -0.39 is 0 Å². The smallest absolute Gasteiger partial charge is 0.102 e. The number of nitrogens with zero attached hydrogens (tertiary/aromatic N) is 2. The molecule has 0 atom stereocenters. The van der Waals surface area contributed by atoms with E-state index in [1.54, 1.807) is 11.3 Å². The molecule has 2 nitrogen and oxygen atoms in total. The van der Waals surface area contributed by atoms with Crippen LogP contribution in [0.15, 0.2) is 60.0 Å². The van der Waals surface area contributed by atoms with E-state index in [9.17, 15) is 5.26 Å². The van der Waals surface area contributed by atoms with Gasteiger partial charge in [-0.3, -0.25) is 0 Å². The van der Waals surface area contributed by atoms with Gasteiger partial charge in [-0.05, 0) is 58.7 Å². The summed E-state index contributed by atoms with van der Waals surface area (Å²) in [6.45, 7) is 2.07. The first kappa shape index (κ1) is 16.8. The lowest BCUT2D eigenvalue weighted by molar-refractivity contribution is 0.577. The fraction of sp³-hybridized carbons (Fsp3) is 0.192. The van der Waals surface area contributed by atoms with Crippen molar-refractivity contribution in [3.63, 3.8) is 0 Å². The fourth-order valence-electron chi connectivity index (χ4n) is 5.10. The average molecular weight is 393 g/mol. The van der Waals surface area contributed by atoms with Crippen molar-refractivity contribution >= 4 is 27.8 Å². The van der Waals surface area contributed by atoms with Crippen LogP contribution in [0.3, 0.4) is 0 Å². The van der Waals surface area contributed by atoms with E-state index in [4.69, 9.17) is 0 Å². The van der Waals surface area contributed by atoms with Crippen molar-refractivity contribution in [2.24, 2.45) is 0 Å². The normalized spacial score (nSPS) is 14.8. The van der Waals surface area contributed by atoms with Crippen LogP contribution in [0.5, 0.6) is 0 Å². The molecule has 29 heavy (non-hydrogen) atoms. The largest absolute Gasteiger partial charge is 0.370 e. The SMILES string of the molecule is N#Cc1c(N2CCCCC2)cc(-c2cccs2)c2c1-c1cccc3cccc-2c13. The summed E-state index contributed by atoms with van der Waals surface area (Å²) < 4.78 is 0. The summed E-state index contributed by atoms with van der Waals surface area (Å²) in [6.07, 6.45) is 3.68. The molecule has 2 heterocycles. The molecule has 0 unspecified atom stereocenters. The molecular weight excluding hydrogens is 372 g/mol. The van der Waals surface area contributed by atoms with Gasteiger partial charge in [-0.2, -0.15) is 5.26 Å². The van der Waals surface area contributed by atoms with E-state index in [1.807, 2.05) is 0 Å². The van der Waals surface area contributed by atoms with Gasteiger partial charge in [-0.25, -0.2) is 0 Å². The first-order valence-electron chi connectivity index (χ1n) is 10.3. The molecule has 4 aromatic rings. The number of nitriles is 1. The summed E-state index contributed by atoms with van der Waals surface area (Å²) in [6, 6.07) is 22.2. The van der Waals surface area contributed by atoms with Gasteiger partial charge in [0.2, 0.25) is 0 Å². The molecule has 2 aliphatic rings. The lowest BCUT2D eigenvalue weighted by atomic mass is 9.91. The van der Waals surface area contributed by atoms with E-state index in [0.29, 0.717) is 0 Å². The molecule has 0 bridgehead atoms. The van der Waals surface area contributed by atoms with Gasteiger partial charge >= 0.3 is 0 Å². The standard InChI is InChI=1S/C26H20N2S/c27-16-21-22(28-12-2-1-3-13-28)15-20(23-11-6-14-29-23)25-18-9-4-7-17-8-5-10-19(24(17)18)26(21)25/h4-11,14-15H,1-3,12-13H2. The monoisotopic (exact) mass is 392 g/mol. The first-order valence-corrected chi connectivity index (χ1v) is 11.2. The molecule has 3 heteroatoms. The third-order valence-corrected chi connectivity index (χ3v) is 7.25. The Balaban J connectivity index is 1.75. The van der Waals surface area contributed by atoms with Crippen molar-refractivity contribution in [2.75, 3.05) is 18.0 Å². The zero-order chi connectivity index (χ0) is 19.4. The molecule has 1 fully saturated rings. The first-order chi connectivity index (χ1) is 14.4. The van der Waals surface area contributed by atoms with Gasteiger partial charge in [0.1, 0.15) is 6.07 Å². The summed E-state index contributed by atoms with van der Waals surface area (Å²) in [5.41, 5.74) is 8.05. The number of thiophene rings is 1. The highest BCUT2D eigenvalue weighted by molar-refractivity contribution is 7.13. The summed E-state index contributed by atoms with van der Waals surface area (Å²) in [4.78, 5) is 3.71. The average Bonchev–Trinajstić information content (AvgIpc) is 3.42. The molecule has 0 amide bonds. The predicted molar refractivity (Wildman–Crippen MR) is 122 cm³/mol. The van der Waals surface area contributed by atoms with Crippen molar-refractivity contribution in [2.45, 2.75) is 19.3 Å². The topological polar surface area (TPSA) is 27.0 Å². The molecule has 0 radical (unpaired) electrons. The molecule has 1 aliphatic carbocycles. The predicted octanol–water partition coefficient (Wildman–Crippen LogP) is 7.08. The second-order valence-electron chi connectivity index (χ2n) is 7.91. The highest BCUT2D eigenvalue weighted by atomic mass is 32.1. The van der Waals surface area contributed by atoms with Gasteiger partial charge in [0, 0.05) is 34.7 Å². The Labute approximate surface area is 174 Å². The van der Waals surface area contributed by atoms with Crippen LogP contribution in [0.25, 0.3) is 43.5 Å². The molecule has 6 rings (SSSR count). The van der Waals surface area contributed by atoms with Crippen LogP contribution in [-0.2, 0) is 0 Å². The van der Waals surface area contributed by atoms with Crippen LogP contribution >= 0.6 is 11.3 Å². The Hall–Kier alpha value is -3.09. The minimum absolute atomic E-state index is 0.839. The van der Waals surface area contributed by atoms with E-state index in [1.165, 1.54) is 57.2 Å². The maximum atomic E-state index is 10.3. The lowest BCUT2D eigenvalue weighted by Crippen LogP contribution is -2.30. The molecule has 0 saturated carbocycles. The number of anilines is 1. The van der Waals surface area contributed by atoms with Gasteiger partial charge in [-0.1, -0.05) is 42.5 Å². The number of hydrogen-bond acceptors (Lipinski definition) is 3. The number of piperidine rings is 1. The highest BCUT2D eigenvalue weighted by Gasteiger charge is 2.30. The minimum atomic E-state index is 0.839. The van der Waals surface area contributed by atoms with Crippen LogP contribution in [0.1, 0.15) is 24.8 Å². The van der Waals surface area contributed by atoms with Crippen LogP contribution in [0, 0.1) is 11.3 Å². The molecular formula is C26H20N2S. The summed E-state index contributed by atoms with van der Waals surface area (Å²) >= 11 is 1.78. The molecule has 0 spiro atoms. The zero-order valence-corrected chi connectivity index (χ0v) is 16.9. The van der Waals surface area contributed by atoms with Gasteiger partial charge in [-0.15, -0.1) is 11.3 Å². The highest BCUT2D eigenvalue weighted by Crippen LogP contribution is 2.54. The molecule has 1 saturated heterocycles. The number of rotatable bonds is 2. The minimum Gasteiger partial charge on any atom is -0.370 e. The molecule has 3 aromatic carbocycles.